The monoisotopic (exact) mass is 730 g/mol. The van der Waals surface area contributed by atoms with E-state index in [1.165, 1.54) is 50.6 Å². The van der Waals surface area contributed by atoms with Gasteiger partial charge in [-0.25, -0.2) is 9.59 Å². The molecule has 2 unspecified atom stereocenters. The lowest BCUT2D eigenvalue weighted by molar-refractivity contribution is -0.385. The molecule has 0 aromatic heterocycles. The van der Waals surface area contributed by atoms with Gasteiger partial charge in [-0.1, -0.05) is 24.3 Å². The molecule has 16 heteroatoms. The molecule has 280 valence electrons. The molecular weight excluding hydrogens is 688 g/mol. The molecule has 16 nitrogen and oxygen atoms in total. The lowest BCUT2D eigenvalue weighted by atomic mass is 9.80. The number of unbranched alkanes of at least 4 members (excludes halogenated alkanes) is 2. The molecule has 0 saturated heterocycles. The Morgan fingerprint density at radius 3 is 1.32 bits per heavy atom. The van der Waals surface area contributed by atoms with E-state index in [1.54, 1.807) is 39.8 Å². The lowest BCUT2D eigenvalue weighted by Crippen LogP contribution is -2.37. The molecule has 4 N–H and O–H groups in total. The number of nitro groups is 2. The first kappa shape index (κ1) is 39.5. The summed E-state index contributed by atoms with van der Waals surface area (Å²) in [5, 5.41) is 35.0. The van der Waals surface area contributed by atoms with Gasteiger partial charge in [0.15, 0.2) is 0 Å². The smallest absolute Gasteiger partial charge is 0.336 e. The van der Waals surface area contributed by atoms with Crippen LogP contribution in [0.5, 0.6) is 0 Å². The second kappa shape index (κ2) is 17.3. The molecule has 2 aliphatic heterocycles. The molecule has 2 amide bonds. The highest BCUT2D eigenvalue weighted by molar-refractivity contribution is 6.03. The number of dihydropyridines is 2. The van der Waals surface area contributed by atoms with E-state index in [2.05, 4.69) is 21.3 Å². The molecule has 0 fully saturated rings. The maximum absolute atomic E-state index is 13.6. The summed E-state index contributed by atoms with van der Waals surface area (Å²) in [6.45, 7) is 7.23. The van der Waals surface area contributed by atoms with Crippen LogP contribution in [0.1, 0.15) is 69.9 Å². The third kappa shape index (κ3) is 8.77. The number of hydrogen-bond acceptors (Lipinski definition) is 12. The number of hydrogen-bond donors (Lipinski definition) is 4. The highest BCUT2D eigenvalue weighted by atomic mass is 16.6. The summed E-state index contributed by atoms with van der Waals surface area (Å²) in [6.07, 6.45) is 1.68. The first-order valence-electron chi connectivity index (χ1n) is 16.8. The maximum atomic E-state index is 13.6. The van der Waals surface area contributed by atoms with E-state index >= 15 is 0 Å². The number of carbonyl (C=O) groups excluding carboxylic acids is 4. The van der Waals surface area contributed by atoms with E-state index in [-0.39, 0.29) is 46.8 Å². The Bertz CT molecular complexity index is 1840. The summed E-state index contributed by atoms with van der Waals surface area (Å²) in [5.41, 5.74) is 3.06. The first-order valence-corrected chi connectivity index (χ1v) is 16.8. The summed E-state index contributed by atoms with van der Waals surface area (Å²) in [6, 6.07) is 11.6. The molecule has 0 saturated carbocycles. The molecule has 4 rings (SSSR count). The van der Waals surface area contributed by atoms with Gasteiger partial charge in [-0.2, -0.15) is 0 Å². The zero-order valence-electron chi connectivity index (χ0n) is 30.3. The first-order chi connectivity index (χ1) is 25.2. The number of ether oxygens (including phenoxy) is 2. The van der Waals surface area contributed by atoms with Crippen LogP contribution in [0.4, 0.5) is 11.4 Å². The Morgan fingerprint density at radius 2 is 0.981 bits per heavy atom. The number of amides is 2. The van der Waals surface area contributed by atoms with Gasteiger partial charge in [-0.3, -0.25) is 29.8 Å². The molecule has 2 aromatic rings. The molecule has 2 atom stereocenters. The SMILES string of the molecule is COC(=O)C1=C(C)NC(C)=C(C(=O)NCCCCCNC(=O)C2=C(C)NC(C)=C(C(=O)OC)C2c2cccc([N+](=O)[O-])c2)C1c1cccc([N+](=O)[O-])c1. The third-order valence-corrected chi connectivity index (χ3v) is 9.07. The molecule has 0 bridgehead atoms. The van der Waals surface area contributed by atoms with Gasteiger partial charge in [0.2, 0.25) is 11.8 Å². The van der Waals surface area contributed by atoms with Crippen molar-refractivity contribution in [3.05, 3.63) is 125 Å². The average Bonchev–Trinajstić information content (AvgIpc) is 3.13. The van der Waals surface area contributed by atoms with Gasteiger partial charge >= 0.3 is 11.9 Å². The van der Waals surface area contributed by atoms with Crippen LogP contribution in [-0.2, 0) is 28.7 Å². The summed E-state index contributed by atoms with van der Waals surface area (Å²) >= 11 is 0. The van der Waals surface area contributed by atoms with Crippen molar-refractivity contribution in [1.82, 2.24) is 21.3 Å². The Hall–Kier alpha value is -6.32. The van der Waals surface area contributed by atoms with Gasteiger partial charge in [0.1, 0.15) is 0 Å². The Balaban J connectivity index is 1.41. The number of nitrogens with one attached hydrogen (secondary N) is 4. The standard InChI is InChI=1S/C37H42N6O10/c1-20-28(32(30(22(3)40-20)36(46)52-5)24-12-10-14-26(18-24)42(48)49)34(44)38-16-8-7-9-17-39-35(45)29-21(2)41-23(4)31(37(47)53-6)33(29)25-13-11-15-27(19-25)43(50)51/h10-15,18-19,32-33,40-41H,7-9,16-17H2,1-6H3,(H,38,44)(H,39,45). The summed E-state index contributed by atoms with van der Waals surface area (Å²) < 4.78 is 10.0. The number of allylic oxidation sites excluding steroid dienone is 4. The summed E-state index contributed by atoms with van der Waals surface area (Å²) in [4.78, 5) is 75.0. The number of esters is 2. The fourth-order valence-electron chi connectivity index (χ4n) is 6.67. The topological polar surface area (TPSA) is 221 Å². The molecule has 2 aliphatic rings. The molecule has 2 aromatic carbocycles. The van der Waals surface area contributed by atoms with E-state index in [1.807, 2.05) is 0 Å². The van der Waals surface area contributed by atoms with Gasteiger partial charge in [-0.05, 0) is 58.1 Å². The van der Waals surface area contributed by atoms with Crippen molar-refractivity contribution in [3.63, 3.8) is 0 Å². The van der Waals surface area contributed by atoms with E-state index in [0.29, 0.717) is 53.2 Å². The second-order valence-corrected chi connectivity index (χ2v) is 12.5. The predicted octanol–water partition coefficient (Wildman–Crippen LogP) is 4.42. The van der Waals surface area contributed by atoms with Crippen LogP contribution in [0, 0.1) is 20.2 Å². The second-order valence-electron chi connectivity index (χ2n) is 12.5. The van der Waals surface area contributed by atoms with Crippen LogP contribution in [0.2, 0.25) is 0 Å². The number of benzene rings is 2. The fourth-order valence-corrected chi connectivity index (χ4v) is 6.67. The zero-order valence-corrected chi connectivity index (χ0v) is 30.3. The molecule has 53 heavy (non-hydrogen) atoms. The maximum Gasteiger partial charge on any atom is 0.336 e. The van der Waals surface area contributed by atoms with Gasteiger partial charge < -0.3 is 30.7 Å². The van der Waals surface area contributed by atoms with Crippen LogP contribution in [0.15, 0.2) is 93.6 Å². The lowest BCUT2D eigenvalue weighted by Gasteiger charge is -2.30. The average molecular weight is 731 g/mol. The van der Waals surface area contributed by atoms with Crippen LogP contribution in [-0.4, -0.2) is 60.9 Å². The van der Waals surface area contributed by atoms with Crippen molar-refractivity contribution in [2.24, 2.45) is 0 Å². The number of carbonyl (C=O) groups is 4. The number of rotatable bonds is 14. The van der Waals surface area contributed by atoms with Crippen molar-refractivity contribution < 1.29 is 38.5 Å². The van der Waals surface area contributed by atoms with E-state index in [9.17, 15) is 39.4 Å². The Kier molecular flexibility index (Phi) is 12.9. The van der Waals surface area contributed by atoms with E-state index in [0.717, 1.165) is 0 Å². The number of nitrogens with zero attached hydrogens (tertiary/aromatic N) is 2. The number of nitro benzene ring substituents is 2. The quantitative estimate of drug-likeness (QED) is 0.0918. The highest BCUT2D eigenvalue weighted by Gasteiger charge is 2.39. The van der Waals surface area contributed by atoms with Crippen molar-refractivity contribution in [3.8, 4) is 0 Å². The molecule has 0 radical (unpaired) electrons. The minimum absolute atomic E-state index is 0.162. The molecule has 2 heterocycles. The number of non-ortho nitro benzene ring substituents is 2. The van der Waals surface area contributed by atoms with Gasteiger partial charge in [-0.15, -0.1) is 0 Å². The Morgan fingerprint density at radius 1 is 0.623 bits per heavy atom. The third-order valence-electron chi connectivity index (χ3n) is 9.07. The fraction of sp³-hybridized carbons (Fsp3) is 0.351. The normalized spacial score (nSPS) is 17.1. The van der Waals surface area contributed by atoms with Crippen LogP contribution < -0.4 is 21.3 Å². The minimum Gasteiger partial charge on any atom is -0.466 e. The van der Waals surface area contributed by atoms with E-state index < -0.39 is 45.4 Å². The van der Waals surface area contributed by atoms with Crippen molar-refractivity contribution in [2.45, 2.75) is 58.8 Å². The zero-order chi connectivity index (χ0) is 39.0. The Labute approximate surface area is 305 Å². The molecular formula is C37H42N6O10. The van der Waals surface area contributed by atoms with E-state index in [4.69, 9.17) is 9.47 Å². The predicted molar refractivity (Wildman–Crippen MR) is 193 cm³/mol. The van der Waals surface area contributed by atoms with Crippen molar-refractivity contribution >= 4 is 35.1 Å². The highest BCUT2D eigenvalue weighted by Crippen LogP contribution is 2.41. The molecule has 0 aliphatic carbocycles. The van der Waals surface area contributed by atoms with Crippen molar-refractivity contribution in [1.29, 1.82) is 0 Å². The molecule has 0 spiro atoms. The van der Waals surface area contributed by atoms with Crippen molar-refractivity contribution in [2.75, 3.05) is 27.3 Å². The van der Waals surface area contributed by atoms with Gasteiger partial charge in [0.05, 0.1) is 47.0 Å². The largest absolute Gasteiger partial charge is 0.466 e. The summed E-state index contributed by atoms with van der Waals surface area (Å²) in [7, 11) is 2.44. The van der Waals surface area contributed by atoms with Crippen LogP contribution in [0.3, 0.4) is 0 Å². The van der Waals surface area contributed by atoms with Gasteiger partial charge in [0, 0.05) is 71.3 Å². The van der Waals surface area contributed by atoms with Gasteiger partial charge in [0.25, 0.3) is 11.4 Å². The van der Waals surface area contributed by atoms with Crippen LogP contribution in [0.25, 0.3) is 0 Å². The summed E-state index contributed by atoms with van der Waals surface area (Å²) in [5.74, 6) is -4.11. The minimum atomic E-state index is -0.921. The van der Waals surface area contributed by atoms with Crippen LogP contribution >= 0.6 is 0 Å². The number of methoxy groups -OCH3 is 2.